The van der Waals surface area contributed by atoms with E-state index in [9.17, 15) is 25.1 Å². The van der Waals surface area contributed by atoms with E-state index in [4.69, 9.17) is 47.9 Å². The molecule has 0 spiro atoms. The Morgan fingerprint density at radius 3 is 2.23 bits per heavy atom. The number of carbonyl (C=O) groups is 2. The van der Waals surface area contributed by atoms with Gasteiger partial charge in [-0.05, 0) is 115 Å². The Hall–Kier alpha value is -7.35. The summed E-state index contributed by atoms with van der Waals surface area (Å²) in [7, 11) is 3.03. The lowest BCUT2D eigenvalue weighted by Crippen LogP contribution is -2.70. The molecule has 4 aliphatic rings. The van der Waals surface area contributed by atoms with E-state index >= 15 is 4.79 Å². The van der Waals surface area contributed by atoms with Crippen molar-refractivity contribution in [2.75, 3.05) is 52.8 Å². The predicted octanol–water partition coefficient (Wildman–Crippen LogP) is 13.3. The summed E-state index contributed by atoms with van der Waals surface area (Å²) >= 11 is 0. The number of nitro benzene ring substituents is 1. The van der Waals surface area contributed by atoms with Crippen molar-refractivity contribution in [3.05, 3.63) is 130 Å². The second-order valence-corrected chi connectivity index (χ2v) is 21.7. The topological polar surface area (TPSA) is 228 Å². The van der Waals surface area contributed by atoms with E-state index in [1.807, 2.05) is 24.3 Å². The van der Waals surface area contributed by atoms with Crippen LogP contribution in [0.5, 0.6) is 34.5 Å². The Morgan fingerprint density at radius 2 is 1.52 bits per heavy atom. The van der Waals surface area contributed by atoms with Crippen molar-refractivity contribution < 1.29 is 67.5 Å². The minimum atomic E-state index is -1.66. The fraction of sp³-hybridized carbons (Fsp3) is 0.516. The molecule has 448 valence electrons. The van der Waals surface area contributed by atoms with Gasteiger partial charge in [-0.3, -0.25) is 20.3 Å². The number of non-ortho nitro benzene ring substituents is 1. The normalized spacial score (nSPS) is 20.5. The summed E-state index contributed by atoms with van der Waals surface area (Å²) < 4.78 is 49.6. The minimum absolute atomic E-state index is 0.00369. The molecule has 2 heterocycles. The molecule has 0 saturated heterocycles. The van der Waals surface area contributed by atoms with Gasteiger partial charge >= 0.3 is 12.2 Å². The van der Waals surface area contributed by atoms with Crippen molar-refractivity contribution >= 4 is 29.3 Å². The van der Waals surface area contributed by atoms with E-state index in [0.717, 1.165) is 36.0 Å². The molecule has 2 amide bonds. The summed E-state index contributed by atoms with van der Waals surface area (Å²) in [5.41, 5.74) is 3.71. The van der Waals surface area contributed by atoms with Gasteiger partial charge in [0.25, 0.3) is 5.69 Å². The Labute approximate surface area is 487 Å². The standard InChI is InChI=1S/C64H82N4O15/c1-5-7-8-9-10-11-12-13-14-19-35-77-63(72)67(41-45-24-30-56-58(36-45)79-43-78-56)59-40-54(66-81-42-44-22-25-47(26-23-44)68(73)74)51-37-46(20-15-17-32-69)50(21-16-18-33-70)60-52-38-49(28-31-55(52)83-64(59,61(51)60)80-34-6-2)82-62(71)65-53-29-27-48(75-3)39-57(53)76-4/h6,22-31,36-39,46,50,59-61,69-70H,2,5,7-21,32-35,40-43H2,1,3-4H3,(H,65,71)/t46-,50+,59-,60+,61+,64+/m0/s1. The maximum absolute atomic E-state index is 15.4. The van der Waals surface area contributed by atoms with Gasteiger partial charge in [0.2, 0.25) is 12.6 Å². The Morgan fingerprint density at radius 1 is 0.819 bits per heavy atom. The largest absolute Gasteiger partial charge is 0.497 e. The third-order valence-corrected chi connectivity index (χ3v) is 16.2. The SMILES string of the molecule is C=CCO[C@@]12Oc3ccc(OC(=O)Nc4ccc(OC)cc4OC)cc3[C@H]3[C@H](CCCCO)[C@@H](CCCCO)C=C(C(=NOCc4ccc([N+](=O)[O-])cc4)C[C@@H]1N(Cc1ccc4c(c1)OCO4)C(=O)OCCCCCCCCCCCC)[C@H]32. The Balaban J connectivity index is 1.24. The number of rotatable bonds is 33. The van der Waals surface area contributed by atoms with Crippen LogP contribution in [0.4, 0.5) is 21.0 Å². The lowest BCUT2D eigenvalue weighted by Gasteiger charge is -2.59. The number of amides is 2. The van der Waals surface area contributed by atoms with Crippen LogP contribution >= 0.6 is 0 Å². The first-order chi connectivity index (χ1) is 40.5. The monoisotopic (exact) mass is 1150 g/mol. The second-order valence-electron chi connectivity index (χ2n) is 21.7. The quantitative estimate of drug-likeness (QED) is 0.0174. The smallest absolute Gasteiger partial charge is 0.417 e. The third kappa shape index (κ3) is 15.7. The Bertz CT molecular complexity index is 2860. The molecule has 83 heavy (non-hydrogen) atoms. The number of anilines is 1. The van der Waals surface area contributed by atoms with Gasteiger partial charge in [-0.1, -0.05) is 101 Å². The lowest BCUT2D eigenvalue weighted by atomic mass is 9.55. The first-order valence-corrected chi connectivity index (χ1v) is 29.5. The van der Waals surface area contributed by atoms with Crippen LogP contribution in [0.15, 0.2) is 108 Å². The minimum Gasteiger partial charge on any atom is -0.497 e. The molecule has 3 N–H and O–H groups in total. The number of benzene rings is 4. The first-order valence-electron chi connectivity index (χ1n) is 29.5. The molecule has 1 fully saturated rings. The fourth-order valence-corrected chi connectivity index (χ4v) is 12.1. The molecule has 0 radical (unpaired) electrons. The Kier molecular flexibility index (Phi) is 22.9. The highest BCUT2D eigenvalue weighted by molar-refractivity contribution is 6.03. The molecule has 0 aromatic heterocycles. The summed E-state index contributed by atoms with van der Waals surface area (Å²) in [5.74, 6) is -0.389. The molecular formula is C64H82N4O15. The van der Waals surface area contributed by atoms with Crippen LogP contribution in [0.1, 0.15) is 139 Å². The van der Waals surface area contributed by atoms with Gasteiger partial charge in [-0.25, -0.2) is 9.59 Å². The van der Waals surface area contributed by atoms with Crippen molar-refractivity contribution in [3.8, 4) is 34.5 Å². The highest BCUT2D eigenvalue weighted by atomic mass is 16.7. The number of nitro groups is 1. The van der Waals surface area contributed by atoms with Crippen LogP contribution < -0.4 is 33.7 Å². The molecular weight excluding hydrogens is 1060 g/mol. The van der Waals surface area contributed by atoms with Gasteiger partial charge in [0.05, 0.1) is 49.7 Å². The number of methoxy groups -OCH3 is 2. The predicted molar refractivity (Wildman–Crippen MR) is 313 cm³/mol. The molecule has 8 rings (SSSR count). The van der Waals surface area contributed by atoms with Crippen molar-refractivity contribution in [2.24, 2.45) is 22.9 Å². The van der Waals surface area contributed by atoms with Gasteiger partial charge in [-0.2, -0.15) is 0 Å². The molecule has 6 atom stereocenters. The van der Waals surface area contributed by atoms with Gasteiger partial charge in [-0.15, -0.1) is 6.58 Å². The molecule has 0 unspecified atom stereocenters. The van der Waals surface area contributed by atoms with Gasteiger partial charge in [0.15, 0.2) is 11.5 Å². The first kappa shape index (κ1) is 61.7. The van der Waals surface area contributed by atoms with Crippen LogP contribution in [-0.2, 0) is 27.5 Å². The number of aliphatic hydroxyl groups excluding tert-OH is 2. The average molecular weight is 1150 g/mol. The molecule has 1 saturated carbocycles. The number of hydrogen-bond acceptors (Lipinski definition) is 16. The van der Waals surface area contributed by atoms with Crippen molar-refractivity contribution in [2.45, 2.75) is 147 Å². The molecule has 4 aromatic rings. The van der Waals surface area contributed by atoms with E-state index in [1.165, 1.54) is 64.9 Å². The number of fused-ring (bicyclic) bond motifs is 3. The van der Waals surface area contributed by atoms with Gasteiger partial charge in [0, 0.05) is 55.9 Å². The number of aliphatic hydroxyl groups is 2. The second kappa shape index (κ2) is 30.8. The summed E-state index contributed by atoms with van der Waals surface area (Å²) in [5, 5.41) is 39.6. The van der Waals surface area contributed by atoms with E-state index in [0.29, 0.717) is 90.7 Å². The van der Waals surface area contributed by atoms with E-state index in [1.54, 1.807) is 53.4 Å². The number of nitrogens with one attached hydrogen (secondary N) is 1. The number of hydrogen-bond donors (Lipinski definition) is 3. The molecule has 0 bridgehead atoms. The molecule has 2 aliphatic carbocycles. The van der Waals surface area contributed by atoms with Crippen LogP contribution in [0.2, 0.25) is 0 Å². The van der Waals surface area contributed by atoms with Crippen LogP contribution in [0, 0.1) is 27.9 Å². The van der Waals surface area contributed by atoms with E-state index < -0.39 is 40.8 Å². The summed E-state index contributed by atoms with van der Waals surface area (Å²) in [4.78, 5) is 48.3. The molecule has 4 aromatic carbocycles. The third-order valence-electron chi connectivity index (χ3n) is 16.2. The number of unbranched alkanes of at least 4 members (excludes halogenated alkanes) is 11. The van der Waals surface area contributed by atoms with E-state index in [-0.39, 0.29) is 76.1 Å². The summed E-state index contributed by atoms with van der Waals surface area (Å²) in [6.07, 6.45) is 17.6. The van der Waals surface area contributed by atoms with Crippen LogP contribution in [-0.4, -0.2) is 97.2 Å². The number of nitrogens with zero attached hydrogens (tertiary/aromatic N) is 3. The van der Waals surface area contributed by atoms with Crippen LogP contribution in [0.3, 0.4) is 0 Å². The number of oxime groups is 1. The van der Waals surface area contributed by atoms with Crippen molar-refractivity contribution in [1.82, 2.24) is 4.90 Å². The zero-order valence-electron chi connectivity index (χ0n) is 48.3. The molecule has 2 aliphatic heterocycles. The summed E-state index contributed by atoms with van der Waals surface area (Å²) in [6.45, 7) is 6.59. The van der Waals surface area contributed by atoms with Crippen molar-refractivity contribution in [1.29, 1.82) is 0 Å². The number of ether oxygens (including phenoxy) is 8. The number of allylic oxidation sites excluding steroid dienone is 1. The lowest BCUT2D eigenvalue weighted by molar-refractivity contribution is -0.384. The van der Waals surface area contributed by atoms with Crippen molar-refractivity contribution in [3.63, 3.8) is 0 Å². The zero-order chi connectivity index (χ0) is 58.6. The van der Waals surface area contributed by atoms with Crippen LogP contribution in [0.25, 0.3) is 0 Å². The maximum atomic E-state index is 15.4. The zero-order valence-corrected chi connectivity index (χ0v) is 48.3. The molecule has 19 nitrogen and oxygen atoms in total. The fourth-order valence-electron chi connectivity index (χ4n) is 12.1. The van der Waals surface area contributed by atoms with Gasteiger partial charge < -0.3 is 52.9 Å². The molecule has 19 heteroatoms. The average Bonchev–Trinajstić information content (AvgIpc) is 4.12. The van der Waals surface area contributed by atoms with Gasteiger partial charge in [0.1, 0.15) is 35.6 Å². The number of carbonyl (C=O) groups excluding carboxylic acids is 2. The van der Waals surface area contributed by atoms with E-state index in [2.05, 4.69) is 24.9 Å². The highest BCUT2D eigenvalue weighted by Crippen LogP contribution is 2.62. The highest BCUT2D eigenvalue weighted by Gasteiger charge is 2.66. The maximum Gasteiger partial charge on any atom is 0.417 e. The summed E-state index contributed by atoms with van der Waals surface area (Å²) in [6, 6.07) is 20.9.